The lowest BCUT2D eigenvalue weighted by Crippen LogP contribution is -1.70. The summed E-state index contributed by atoms with van der Waals surface area (Å²) >= 11 is 8.53. The molecule has 17 heavy (non-hydrogen) atoms. The van der Waals surface area contributed by atoms with Gasteiger partial charge in [0.15, 0.2) is 0 Å². The monoisotopic (exact) mass is 266 g/mol. The highest BCUT2D eigenvalue weighted by atomic mass is 35.6. The molecule has 88 valence electrons. The van der Waals surface area contributed by atoms with E-state index in [4.69, 9.17) is 0 Å². The molecule has 0 saturated heterocycles. The van der Waals surface area contributed by atoms with Gasteiger partial charge in [-0.3, -0.25) is 0 Å². The van der Waals surface area contributed by atoms with Crippen LogP contribution in [0.15, 0.2) is 60.7 Å². The van der Waals surface area contributed by atoms with Crippen LogP contribution in [0.1, 0.15) is 11.1 Å². The Bertz CT molecular complexity index is 385. The Morgan fingerprint density at radius 3 is 1.24 bits per heavy atom. The molecule has 0 N–H and O–H groups in total. The third-order valence-electron chi connectivity index (χ3n) is 2.07. The minimum Gasteiger partial charge on any atom is -0.166 e. The Kier molecular flexibility index (Phi) is 7.15. The molecule has 0 fully saturated rings. The van der Waals surface area contributed by atoms with Crippen LogP contribution in [0.25, 0.3) is 12.2 Å². The topological polar surface area (TPSA) is 9.23 Å². The highest BCUT2D eigenvalue weighted by Crippen LogP contribution is 2.06. The van der Waals surface area contributed by atoms with Crippen LogP contribution >= 0.6 is 23.7 Å². The lowest BCUT2D eigenvalue weighted by molar-refractivity contribution is 0.697. The lowest BCUT2D eigenvalue weighted by atomic mass is 10.1. The van der Waals surface area contributed by atoms with Crippen molar-refractivity contribution in [3.8, 4) is 0 Å². The summed E-state index contributed by atoms with van der Waals surface area (Å²) in [7, 11) is 0. The fourth-order valence-electron chi connectivity index (χ4n) is 1.32. The Morgan fingerprint density at radius 1 is 0.647 bits per heavy atom. The van der Waals surface area contributed by atoms with Crippen molar-refractivity contribution in [3.05, 3.63) is 71.8 Å². The van der Waals surface area contributed by atoms with Gasteiger partial charge in [-0.2, -0.15) is 3.84 Å². The van der Waals surface area contributed by atoms with Crippen LogP contribution in [0.5, 0.6) is 0 Å². The Labute approximate surface area is 112 Å². The largest absolute Gasteiger partial charge is 0.166 e. The Hall–Kier alpha value is -1.28. The molecule has 0 radical (unpaired) electrons. The van der Waals surface area contributed by atoms with Crippen LogP contribution in [0.4, 0.5) is 0 Å². The normalized spacial score (nSPS) is 9.76. The SMILES string of the molecule is C(=C\c1ccccc1)/c1ccccc1.ClOCl. The van der Waals surface area contributed by atoms with Gasteiger partial charge in [-0.05, 0) is 11.1 Å². The first kappa shape index (κ1) is 13.8. The molecule has 0 aliphatic carbocycles. The third-order valence-corrected chi connectivity index (χ3v) is 2.07. The van der Waals surface area contributed by atoms with Crippen LogP contribution in [0.3, 0.4) is 0 Å². The van der Waals surface area contributed by atoms with Crippen LogP contribution in [0, 0.1) is 0 Å². The van der Waals surface area contributed by atoms with Gasteiger partial charge in [0.1, 0.15) is 0 Å². The van der Waals surface area contributed by atoms with E-state index in [1.807, 2.05) is 36.4 Å². The predicted molar refractivity (Wildman–Crippen MR) is 74.6 cm³/mol. The summed E-state index contributed by atoms with van der Waals surface area (Å²) in [4.78, 5) is 0. The van der Waals surface area contributed by atoms with Gasteiger partial charge in [-0.15, -0.1) is 0 Å². The number of rotatable bonds is 2. The van der Waals surface area contributed by atoms with Gasteiger partial charge >= 0.3 is 0 Å². The molecule has 0 spiro atoms. The Balaban J connectivity index is 0.000000437. The minimum atomic E-state index is 1.23. The molecular weight excluding hydrogens is 255 g/mol. The molecule has 2 aromatic carbocycles. The standard InChI is InChI=1S/C14H12.Cl2O/c1-3-7-13(8-4-1)11-12-14-9-5-2-6-10-14;1-3-2/h1-12H;/b12-11+;. The smallest absolute Gasteiger partial charge is 0.0832 e. The van der Waals surface area contributed by atoms with Crippen molar-refractivity contribution in [3.63, 3.8) is 0 Å². The highest BCUT2D eigenvalue weighted by molar-refractivity contribution is 6.24. The van der Waals surface area contributed by atoms with Crippen molar-refractivity contribution in [1.29, 1.82) is 0 Å². The summed E-state index contributed by atoms with van der Waals surface area (Å²) in [6.45, 7) is 0. The van der Waals surface area contributed by atoms with Gasteiger partial charge < -0.3 is 0 Å². The van der Waals surface area contributed by atoms with E-state index in [2.05, 4.69) is 64.0 Å². The van der Waals surface area contributed by atoms with Crippen molar-refractivity contribution in [1.82, 2.24) is 0 Å². The zero-order valence-electron chi connectivity index (χ0n) is 9.09. The first-order chi connectivity index (χ1) is 8.36. The maximum absolute atomic E-state index is 4.26. The van der Waals surface area contributed by atoms with Gasteiger partial charge in [0.25, 0.3) is 0 Å². The maximum atomic E-state index is 4.26. The second-order valence-corrected chi connectivity index (χ2v) is 3.68. The zero-order chi connectivity index (χ0) is 12.3. The minimum absolute atomic E-state index is 1.23. The molecule has 0 aromatic heterocycles. The van der Waals surface area contributed by atoms with Crippen LogP contribution in [-0.2, 0) is 3.84 Å². The van der Waals surface area contributed by atoms with E-state index in [9.17, 15) is 0 Å². The second-order valence-electron chi connectivity index (χ2n) is 3.21. The quantitative estimate of drug-likeness (QED) is 0.682. The van der Waals surface area contributed by atoms with Gasteiger partial charge in [0.05, 0.1) is 23.7 Å². The molecular formula is C14H12Cl2O. The van der Waals surface area contributed by atoms with Gasteiger partial charge in [-0.1, -0.05) is 72.8 Å². The van der Waals surface area contributed by atoms with Crippen molar-refractivity contribution >= 4 is 35.9 Å². The van der Waals surface area contributed by atoms with E-state index in [0.717, 1.165) is 0 Å². The molecule has 0 atom stereocenters. The summed E-state index contributed by atoms with van der Waals surface area (Å²) in [6.07, 6.45) is 4.24. The molecule has 0 aliphatic rings. The van der Waals surface area contributed by atoms with Crippen molar-refractivity contribution in [2.75, 3.05) is 0 Å². The Morgan fingerprint density at radius 2 is 0.941 bits per heavy atom. The summed E-state index contributed by atoms with van der Waals surface area (Å²) in [5.41, 5.74) is 2.47. The van der Waals surface area contributed by atoms with E-state index in [1.54, 1.807) is 0 Å². The fourth-order valence-corrected chi connectivity index (χ4v) is 1.32. The summed E-state index contributed by atoms with van der Waals surface area (Å²) < 4.78 is 3.19. The average Bonchev–Trinajstić information content (AvgIpc) is 2.40. The third kappa shape index (κ3) is 6.12. The van der Waals surface area contributed by atoms with E-state index in [-0.39, 0.29) is 0 Å². The zero-order valence-corrected chi connectivity index (χ0v) is 10.6. The maximum Gasteiger partial charge on any atom is 0.0832 e. The molecule has 0 bridgehead atoms. The van der Waals surface area contributed by atoms with Crippen molar-refractivity contribution < 1.29 is 3.84 Å². The van der Waals surface area contributed by atoms with Crippen LogP contribution < -0.4 is 0 Å². The predicted octanol–water partition coefficient (Wildman–Crippen LogP) is 5.17. The second kappa shape index (κ2) is 8.82. The number of hydrogen-bond donors (Lipinski definition) is 0. The molecule has 3 heteroatoms. The van der Waals surface area contributed by atoms with Gasteiger partial charge in [0.2, 0.25) is 0 Å². The van der Waals surface area contributed by atoms with E-state index in [1.165, 1.54) is 11.1 Å². The summed E-state index contributed by atoms with van der Waals surface area (Å²) in [5, 5.41) is 0. The average molecular weight is 267 g/mol. The molecule has 2 rings (SSSR count). The molecule has 0 heterocycles. The molecule has 0 amide bonds. The summed E-state index contributed by atoms with van der Waals surface area (Å²) in [5.74, 6) is 0. The van der Waals surface area contributed by atoms with Gasteiger partial charge in [-0.25, -0.2) is 0 Å². The van der Waals surface area contributed by atoms with E-state index >= 15 is 0 Å². The van der Waals surface area contributed by atoms with Crippen LogP contribution in [0.2, 0.25) is 0 Å². The van der Waals surface area contributed by atoms with Gasteiger partial charge in [0, 0.05) is 0 Å². The fraction of sp³-hybridized carbons (Fsp3) is 0. The molecule has 2 aromatic rings. The van der Waals surface area contributed by atoms with Crippen molar-refractivity contribution in [2.45, 2.75) is 0 Å². The molecule has 1 nitrogen and oxygen atoms in total. The number of halogens is 2. The lowest BCUT2D eigenvalue weighted by Gasteiger charge is -1.92. The number of hydrogen-bond acceptors (Lipinski definition) is 1. The molecule has 0 aliphatic heterocycles. The summed E-state index contributed by atoms with van der Waals surface area (Å²) in [6, 6.07) is 20.6. The van der Waals surface area contributed by atoms with Crippen LogP contribution in [-0.4, -0.2) is 0 Å². The van der Waals surface area contributed by atoms with E-state index < -0.39 is 0 Å². The highest BCUT2D eigenvalue weighted by Gasteiger charge is 1.84. The first-order valence-electron chi connectivity index (χ1n) is 5.04. The van der Waals surface area contributed by atoms with E-state index in [0.29, 0.717) is 0 Å². The molecule has 0 unspecified atom stereocenters. The number of benzene rings is 2. The van der Waals surface area contributed by atoms with Crippen molar-refractivity contribution in [2.24, 2.45) is 0 Å². The first-order valence-corrected chi connectivity index (χ1v) is 5.66. The molecule has 0 saturated carbocycles.